The van der Waals surface area contributed by atoms with Gasteiger partial charge in [0.1, 0.15) is 0 Å². The van der Waals surface area contributed by atoms with Gasteiger partial charge in [0.2, 0.25) is 0 Å². The van der Waals surface area contributed by atoms with Crippen molar-refractivity contribution < 1.29 is 0 Å². The third kappa shape index (κ3) is 5.27. The van der Waals surface area contributed by atoms with Crippen molar-refractivity contribution in [1.29, 1.82) is 0 Å². The average molecular weight is 359 g/mol. The molecule has 1 N–H and O–H groups in total. The molecule has 0 saturated carbocycles. The van der Waals surface area contributed by atoms with Crippen LogP contribution in [0.5, 0.6) is 0 Å². The van der Waals surface area contributed by atoms with Crippen LogP contribution in [0.15, 0.2) is 40.9 Å². The molecular weight excluding hydrogens is 342 g/mol. The van der Waals surface area contributed by atoms with Gasteiger partial charge in [0.15, 0.2) is 0 Å². The van der Waals surface area contributed by atoms with Crippen molar-refractivity contribution in [2.45, 2.75) is 25.8 Å². The minimum atomic E-state index is 0.483. The van der Waals surface area contributed by atoms with E-state index in [2.05, 4.69) is 58.5 Å². The van der Waals surface area contributed by atoms with E-state index in [0.29, 0.717) is 6.04 Å². The summed E-state index contributed by atoms with van der Waals surface area (Å²) in [5.74, 6) is 0. The van der Waals surface area contributed by atoms with E-state index in [-0.39, 0.29) is 0 Å². The van der Waals surface area contributed by atoms with Crippen LogP contribution in [0.1, 0.15) is 17.4 Å². The number of hydrogen-bond acceptors (Lipinski definition) is 2. The Labute approximate surface area is 132 Å². The van der Waals surface area contributed by atoms with Gasteiger partial charge in [0.05, 0.1) is 4.34 Å². The normalized spacial score (nSPS) is 12.6. The molecule has 1 nitrogen and oxygen atoms in total. The topological polar surface area (TPSA) is 12.0 Å². The molecule has 0 bridgehead atoms. The van der Waals surface area contributed by atoms with E-state index in [4.69, 9.17) is 11.6 Å². The fourth-order valence-corrected chi connectivity index (χ4v) is 3.33. The van der Waals surface area contributed by atoms with Crippen molar-refractivity contribution in [3.05, 3.63) is 55.6 Å². The van der Waals surface area contributed by atoms with Crippen LogP contribution in [0.25, 0.3) is 0 Å². The second-order valence-corrected chi connectivity index (χ2v) is 7.36. The van der Waals surface area contributed by atoms with E-state index < -0.39 is 0 Å². The van der Waals surface area contributed by atoms with Gasteiger partial charge >= 0.3 is 0 Å². The van der Waals surface area contributed by atoms with Gasteiger partial charge in [0, 0.05) is 21.9 Å². The summed E-state index contributed by atoms with van der Waals surface area (Å²) < 4.78 is 2.00. The third-order valence-corrected chi connectivity index (χ3v) is 4.77. The summed E-state index contributed by atoms with van der Waals surface area (Å²) in [7, 11) is 0. The molecular formula is C15H17BrClNS. The first-order valence-corrected chi connectivity index (χ1v) is 8.34. The summed E-state index contributed by atoms with van der Waals surface area (Å²) in [4.78, 5) is 1.34. The van der Waals surface area contributed by atoms with Gasteiger partial charge in [-0.05, 0) is 49.6 Å². The first-order chi connectivity index (χ1) is 9.13. The Kier molecular flexibility index (Phi) is 5.89. The molecule has 0 aliphatic heterocycles. The number of thiophene rings is 1. The van der Waals surface area contributed by atoms with Crippen molar-refractivity contribution in [3.63, 3.8) is 0 Å². The number of benzene rings is 1. The summed E-state index contributed by atoms with van der Waals surface area (Å²) in [6, 6.07) is 13.1. The van der Waals surface area contributed by atoms with E-state index in [0.717, 1.165) is 28.2 Å². The zero-order valence-electron chi connectivity index (χ0n) is 10.8. The molecule has 1 aromatic heterocycles. The highest BCUT2D eigenvalue weighted by molar-refractivity contribution is 9.10. The fraction of sp³-hybridized carbons (Fsp3) is 0.333. The summed E-state index contributed by atoms with van der Waals surface area (Å²) in [6.45, 7) is 3.22. The second kappa shape index (κ2) is 7.44. The Bertz CT molecular complexity index is 509. The highest BCUT2D eigenvalue weighted by atomic mass is 79.9. The first kappa shape index (κ1) is 15.0. The predicted octanol–water partition coefficient (Wildman–Crippen LogP) is 4.93. The van der Waals surface area contributed by atoms with Gasteiger partial charge in [-0.2, -0.15) is 0 Å². The summed E-state index contributed by atoms with van der Waals surface area (Å²) in [5, 5.41) is 3.56. The van der Waals surface area contributed by atoms with E-state index in [1.807, 2.05) is 6.07 Å². The Morgan fingerprint density at radius 3 is 2.58 bits per heavy atom. The number of hydrogen-bond donors (Lipinski definition) is 1. The smallest absolute Gasteiger partial charge is 0.0931 e. The first-order valence-electron chi connectivity index (χ1n) is 6.35. The van der Waals surface area contributed by atoms with Crippen LogP contribution in [0, 0.1) is 0 Å². The SMILES string of the molecule is CC(Cc1ccc(Br)cc1)NCCc1ccc(Cl)s1. The van der Waals surface area contributed by atoms with Gasteiger partial charge in [0.25, 0.3) is 0 Å². The maximum Gasteiger partial charge on any atom is 0.0931 e. The van der Waals surface area contributed by atoms with E-state index >= 15 is 0 Å². The summed E-state index contributed by atoms with van der Waals surface area (Å²) in [5.41, 5.74) is 1.36. The van der Waals surface area contributed by atoms with Crippen LogP contribution in [-0.2, 0) is 12.8 Å². The fourth-order valence-electron chi connectivity index (χ4n) is 1.97. The van der Waals surface area contributed by atoms with E-state index in [9.17, 15) is 0 Å². The maximum atomic E-state index is 5.92. The minimum absolute atomic E-state index is 0.483. The van der Waals surface area contributed by atoms with Gasteiger partial charge in [-0.25, -0.2) is 0 Å². The van der Waals surface area contributed by atoms with Crippen molar-refractivity contribution in [2.24, 2.45) is 0 Å². The molecule has 0 fully saturated rings. The number of halogens is 2. The van der Waals surface area contributed by atoms with Gasteiger partial charge in [-0.15, -0.1) is 11.3 Å². The van der Waals surface area contributed by atoms with Crippen LogP contribution in [0.4, 0.5) is 0 Å². The lowest BCUT2D eigenvalue weighted by molar-refractivity contribution is 0.550. The Morgan fingerprint density at radius 2 is 1.95 bits per heavy atom. The van der Waals surface area contributed by atoms with Gasteiger partial charge < -0.3 is 5.32 Å². The molecule has 0 radical (unpaired) electrons. The van der Waals surface area contributed by atoms with Crippen molar-refractivity contribution in [1.82, 2.24) is 5.32 Å². The predicted molar refractivity (Wildman–Crippen MR) is 88.3 cm³/mol. The second-order valence-electron chi connectivity index (χ2n) is 4.64. The largest absolute Gasteiger partial charge is 0.314 e. The summed E-state index contributed by atoms with van der Waals surface area (Å²) >= 11 is 11.0. The lowest BCUT2D eigenvalue weighted by atomic mass is 10.1. The molecule has 4 heteroatoms. The molecule has 0 aliphatic carbocycles. The Balaban J connectivity index is 1.72. The zero-order valence-corrected chi connectivity index (χ0v) is 14.0. The maximum absolute atomic E-state index is 5.92. The summed E-state index contributed by atoms with van der Waals surface area (Å²) in [6.07, 6.45) is 2.10. The van der Waals surface area contributed by atoms with Crippen LogP contribution < -0.4 is 5.32 Å². The number of nitrogens with one attached hydrogen (secondary N) is 1. The monoisotopic (exact) mass is 357 g/mol. The highest BCUT2D eigenvalue weighted by Gasteiger charge is 2.04. The molecule has 1 atom stereocenters. The van der Waals surface area contributed by atoms with Crippen LogP contribution in [0.3, 0.4) is 0 Å². The highest BCUT2D eigenvalue weighted by Crippen LogP contribution is 2.21. The number of rotatable bonds is 6. The molecule has 0 aliphatic rings. The Morgan fingerprint density at radius 1 is 1.21 bits per heavy atom. The van der Waals surface area contributed by atoms with Crippen LogP contribution in [0.2, 0.25) is 4.34 Å². The lowest BCUT2D eigenvalue weighted by Gasteiger charge is -2.13. The standard InChI is InChI=1S/C15H17BrClNS/c1-11(10-12-2-4-13(16)5-3-12)18-9-8-14-6-7-15(17)19-14/h2-7,11,18H,8-10H2,1H3. The van der Waals surface area contributed by atoms with Crippen molar-refractivity contribution >= 4 is 38.9 Å². The molecule has 0 saturated heterocycles. The molecule has 19 heavy (non-hydrogen) atoms. The third-order valence-electron chi connectivity index (χ3n) is 2.95. The van der Waals surface area contributed by atoms with Gasteiger partial charge in [-0.1, -0.05) is 39.7 Å². The van der Waals surface area contributed by atoms with Crippen molar-refractivity contribution in [3.8, 4) is 0 Å². The minimum Gasteiger partial charge on any atom is -0.314 e. The molecule has 2 rings (SSSR count). The molecule has 1 aromatic carbocycles. The quantitative estimate of drug-likeness (QED) is 0.772. The van der Waals surface area contributed by atoms with E-state index in [1.165, 1.54) is 10.4 Å². The molecule has 2 aromatic rings. The lowest BCUT2D eigenvalue weighted by Crippen LogP contribution is -2.29. The zero-order chi connectivity index (χ0) is 13.7. The van der Waals surface area contributed by atoms with Gasteiger partial charge in [-0.3, -0.25) is 0 Å². The molecule has 0 spiro atoms. The van der Waals surface area contributed by atoms with Crippen molar-refractivity contribution in [2.75, 3.05) is 6.54 Å². The van der Waals surface area contributed by atoms with Crippen LogP contribution >= 0.6 is 38.9 Å². The molecule has 0 amide bonds. The Hall–Kier alpha value is -0.350. The van der Waals surface area contributed by atoms with Crippen LogP contribution in [-0.4, -0.2) is 12.6 Å². The van der Waals surface area contributed by atoms with E-state index in [1.54, 1.807) is 11.3 Å². The molecule has 1 unspecified atom stereocenters. The molecule has 1 heterocycles. The average Bonchev–Trinajstić information content (AvgIpc) is 2.78. The molecule has 102 valence electrons.